The van der Waals surface area contributed by atoms with Crippen molar-refractivity contribution in [1.82, 2.24) is 0 Å². The van der Waals surface area contributed by atoms with Gasteiger partial charge >= 0.3 is 5.97 Å². The first-order valence-corrected chi connectivity index (χ1v) is 4.10. The molecule has 0 bridgehead atoms. The molecule has 1 unspecified atom stereocenters. The van der Waals surface area contributed by atoms with Gasteiger partial charge in [0.05, 0.1) is 6.61 Å². The number of nitrogens with one attached hydrogen (secondary N) is 1. The molecule has 0 aromatic heterocycles. The highest BCUT2D eigenvalue weighted by atomic mass is 16.4. The fraction of sp³-hybridized carbons (Fsp3) is 0.556. The zero-order valence-electron chi connectivity index (χ0n) is 7.82. The van der Waals surface area contributed by atoms with Crippen LogP contribution in [0.15, 0.2) is 12.2 Å². The Morgan fingerprint density at radius 3 is 2.38 bits per heavy atom. The van der Waals surface area contributed by atoms with Gasteiger partial charge in [0.1, 0.15) is 5.71 Å². The molecule has 0 amide bonds. The Bertz CT molecular complexity index is 221. The van der Waals surface area contributed by atoms with Gasteiger partial charge in [-0.2, -0.15) is 0 Å². The van der Waals surface area contributed by atoms with Gasteiger partial charge in [0, 0.05) is 5.92 Å². The van der Waals surface area contributed by atoms with Crippen LogP contribution in [0.2, 0.25) is 0 Å². The van der Waals surface area contributed by atoms with Crippen molar-refractivity contribution in [2.45, 2.75) is 13.8 Å². The molecule has 0 heterocycles. The first kappa shape index (κ1) is 11.8. The molecule has 74 valence electrons. The summed E-state index contributed by atoms with van der Waals surface area (Å²) in [5, 5.41) is 24.4. The Labute approximate surface area is 77.4 Å². The number of aliphatic carboxylic acids is 1. The van der Waals surface area contributed by atoms with E-state index in [4.69, 9.17) is 15.6 Å². The standard InChI is InChI=1S/C9H15NO3/c1-6(2)7(4-3-5-11)8(10)9(12)13/h3-4,6-7,10-11H,5H2,1-2H3,(H,12,13). The van der Waals surface area contributed by atoms with Gasteiger partial charge in [-0.25, -0.2) is 4.79 Å². The molecule has 0 rings (SSSR count). The van der Waals surface area contributed by atoms with Crippen LogP contribution in [0.4, 0.5) is 0 Å². The van der Waals surface area contributed by atoms with Gasteiger partial charge in [-0.3, -0.25) is 5.41 Å². The number of allylic oxidation sites excluding steroid dienone is 1. The van der Waals surface area contributed by atoms with E-state index in [1.165, 1.54) is 6.08 Å². The average molecular weight is 185 g/mol. The number of hydrogen-bond acceptors (Lipinski definition) is 3. The van der Waals surface area contributed by atoms with Crippen LogP contribution in [0.5, 0.6) is 0 Å². The number of hydrogen-bond donors (Lipinski definition) is 3. The molecule has 13 heavy (non-hydrogen) atoms. The summed E-state index contributed by atoms with van der Waals surface area (Å²) >= 11 is 0. The summed E-state index contributed by atoms with van der Waals surface area (Å²) in [4.78, 5) is 10.5. The molecule has 0 aromatic rings. The molecule has 1 atom stereocenters. The van der Waals surface area contributed by atoms with Gasteiger partial charge in [0.15, 0.2) is 0 Å². The molecule has 0 saturated heterocycles. The summed E-state index contributed by atoms with van der Waals surface area (Å²) in [6.45, 7) is 3.55. The Balaban J connectivity index is 4.51. The molecular formula is C9H15NO3. The van der Waals surface area contributed by atoms with E-state index in [1.807, 2.05) is 13.8 Å². The van der Waals surface area contributed by atoms with E-state index in [0.717, 1.165) is 0 Å². The Kier molecular flexibility index (Phi) is 4.99. The lowest BCUT2D eigenvalue weighted by Gasteiger charge is -2.14. The number of carbonyl (C=O) groups is 1. The van der Waals surface area contributed by atoms with Crippen molar-refractivity contribution in [3.05, 3.63) is 12.2 Å². The topological polar surface area (TPSA) is 81.4 Å². The van der Waals surface area contributed by atoms with Crippen LogP contribution >= 0.6 is 0 Å². The second kappa shape index (κ2) is 5.48. The van der Waals surface area contributed by atoms with Crippen molar-refractivity contribution in [1.29, 1.82) is 5.41 Å². The molecule has 0 spiro atoms. The van der Waals surface area contributed by atoms with Gasteiger partial charge in [-0.1, -0.05) is 26.0 Å². The van der Waals surface area contributed by atoms with Crippen LogP contribution in [-0.4, -0.2) is 28.5 Å². The van der Waals surface area contributed by atoms with Crippen LogP contribution in [0.3, 0.4) is 0 Å². The number of aliphatic hydroxyl groups excluding tert-OH is 1. The molecule has 4 nitrogen and oxygen atoms in total. The molecular weight excluding hydrogens is 170 g/mol. The van der Waals surface area contributed by atoms with Gasteiger partial charge in [0.2, 0.25) is 0 Å². The van der Waals surface area contributed by atoms with Gasteiger partial charge in [0.25, 0.3) is 0 Å². The van der Waals surface area contributed by atoms with Crippen molar-refractivity contribution >= 4 is 11.7 Å². The number of carboxylic acid groups (broad SMARTS) is 1. The number of rotatable bonds is 5. The third-order valence-electron chi connectivity index (χ3n) is 1.73. The second-order valence-corrected chi connectivity index (χ2v) is 3.10. The predicted molar refractivity (Wildman–Crippen MR) is 49.9 cm³/mol. The largest absolute Gasteiger partial charge is 0.477 e. The molecule has 3 N–H and O–H groups in total. The lowest BCUT2D eigenvalue weighted by Crippen LogP contribution is -2.25. The summed E-state index contributed by atoms with van der Waals surface area (Å²) in [7, 11) is 0. The van der Waals surface area contributed by atoms with Gasteiger partial charge in [-0.05, 0) is 5.92 Å². The predicted octanol–water partition coefficient (Wildman–Crippen LogP) is 0.911. The summed E-state index contributed by atoms with van der Waals surface area (Å²) in [6, 6.07) is 0. The Hall–Kier alpha value is -1.16. The monoisotopic (exact) mass is 185 g/mol. The lowest BCUT2D eigenvalue weighted by molar-refractivity contribution is -0.129. The van der Waals surface area contributed by atoms with Crippen LogP contribution < -0.4 is 0 Å². The zero-order chi connectivity index (χ0) is 10.4. The van der Waals surface area contributed by atoms with Crippen molar-refractivity contribution in [3.63, 3.8) is 0 Å². The highest BCUT2D eigenvalue weighted by molar-refractivity contribution is 6.35. The summed E-state index contributed by atoms with van der Waals surface area (Å²) in [5.41, 5.74) is -0.334. The third-order valence-corrected chi connectivity index (χ3v) is 1.73. The lowest BCUT2D eigenvalue weighted by atomic mass is 9.90. The molecule has 0 aliphatic carbocycles. The highest BCUT2D eigenvalue weighted by Gasteiger charge is 2.20. The number of aliphatic hydroxyl groups is 1. The molecule has 0 aromatic carbocycles. The number of carboxylic acids is 1. The Morgan fingerprint density at radius 1 is 1.54 bits per heavy atom. The minimum absolute atomic E-state index is 0.0476. The van der Waals surface area contributed by atoms with Crippen LogP contribution in [0, 0.1) is 17.2 Å². The van der Waals surface area contributed by atoms with Gasteiger partial charge < -0.3 is 10.2 Å². The third kappa shape index (κ3) is 3.85. The zero-order valence-corrected chi connectivity index (χ0v) is 7.82. The minimum atomic E-state index is -1.21. The van der Waals surface area contributed by atoms with E-state index in [0.29, 0.717) is 0 Å². The van der Waals surface area contributed by atoms with Gasteiger partial charge in [-0.15, -0.1) is 0 Å². The first-order chi connectivity index (χ1) is 6.00. The molecule has 0 saturated carbocycles. The fourth-order valence-electron chi connectivity index (χ4n) is 1.00. The smallest absolute Gasteiger partial charge is 0.350 e. The summed E-state index contributed by atoms with van der Waals surface area (Å²) in [6.07, 6.45) is 3.02. The average Bonchev–Trinajstić information content (AvgIpc) is 2.04. The van der Waals surface area contributed by atoms with Crippen LogP contribution in [-0.2, 0) is 4.79 Å². The second-order valence-electron chi connectivity index (χ2n) is 3.10. The van der Waals surface area contributed by atoms with Crippen molar-refractivity contribution in [3.8, 4) is 0 Å². The van der Waals surface area contributed by atoms with Crippen molar-refractivity contribution in [2.24, 2.45) is 11.8 Å². The van der Waals surface area contributed by atoms with E-state index in [2.05, 4.69) is 0 Å². The van der Waals surface area contributed by atoms with E-state index in [1.54, 1.807) is 6.08 Å². The van der Waals surface area contributed by atoms with Crippen molar-refractivity contribution in [2.75, 3.05) is 6.61 Å². The fourth-order valence-corrected chi connectivity index (χ4v) is 1.00. The minimum Gasteiger partial charge on any atom is -0.477 e. The van der Waals surface area contributed by atoms with E-state index in [9.17, 15) is 4.79 Å². The maximum absolute atomic E-state index is 10.5. The molecule has 0 aliphatic heterocycles. The maximum atomic E-state index is 10.5. The summed E-state index contributed by atoms with van der Waals surface area (Å²) < 4.78 is 0. The molecule has 4 heteroatoms. The normalized spacial score (nSPS) is 13.5. The molecule has 0 radical (unpaired) electrons. The molecule has 0 fully saturated rings. The Morgan fingerprint density at radius 2 is 2.08 bits per heavy atom. The van der Waals surface area contributed by atoms with Crippen LogP contribution in [0.25, 0.3) is 0 Å². The van der Waals surface area contributed by atoms with Crippen molar-refractivity contribution < 1.29 is 15.0 Å². The SMILES string of the molecule is CC(C)C(C=CCO)C(=N)C(=O)O. The quantitative estimate of drug-likeness (QED) is 0.440. The highest BCUT2D eigenvalue weighted by Crippen LogP contribution is 2.14. The molecule has 0 aliphatic rings. The summed E-state index contributed by atoms with van der Waals surface area (Å²) in [5.74, 6) is -1.59. The van der Waals surface area contributed by atoms with E-state index in [-0.39, 0.29) is 18.2 Å². The first-order valence-electron chi connectivity index (χ1n) is 4.10. The van der Waals surface area contributed by atoms with E-state index < -0.39 is 11.9 Å². The maximum Gasteiger partial charge on any atom is 0.350 e. The van der Waals surface area contributed by atoms with E-state index >= 15 is 0 Å². The van der Waals surface area contributed by atoms with Crippen LogP contribution in [0.1, 0.15) is 13.8 Å².